The molecule has 1 fully saturated rings. The molecule has 0 radical (unpaired) electrons. The number of aliphatic imine (C=N–C) groups is 1. The highest BCUT2D eigenvalue weighted by atomic mass is 16.5. The largest absolute Gasteiger partial charge is 0.381 e. The van der Waals surface area contributed by atoms with Crippen LogP contribution in [-0.4, -0.2) is 54.5 Å². The summed E-state index contributed by atoms with van der Waals surface area (Å²) in [5.41, 5.74) is 3.36. The number of hydrogen-bond acceptors (Lipinski definition) is 5. The van der Waals surface area contributed by atoms with Gasteiger partial charge in [0.15, 0.2) is 0 Å². The van der Waals surface area contributed by atoms with Crippen LogP contribution in [0.25, 0.3) is 0 Å². The Morgan fingerprint density at radius 3 is 2.86 bits per heavy atom. The minimum Gasteiger partial charge on any atom is -0.381 e. The SMILES string of the molecule is O=C1N2CC3=C(C2)C(=NC3)Nc2cccc(n2)CCCCCC12CCOCC2. The zero-order valence-electron chi connectivity index (χ0n) is 16.4. The second kappa shape index (κ2) is 7.32. The number of fused-ring (bicyclic) bond motifs is 3. The van der Waals surface area contributed by atoms with Gasteiger partial charge in [-0.3, -0.25) is 9.79 Å². The van der Waals surface area contributed by atoms with E-state index in [0.29, 0.717) is 32.2 Å². The van der Waals surface area contributed by atoms with Crippen LogP contribution >= 0.6 is 0 Å². The number of aryl methyl sites for hydroxylation is 1. The fourth-order valence-corrected chi connectivity index (χ4v) is 5.03. The minimum atomic E-state index is -0.237. The topological polar surface area (TPSA) is 66.8 Å². The molecule has 0 saturated carbocycles. The normalized spacial score (nSPS) is 24.6. The second-order valence-electron chi connectivity index (χ2n) is 8.50. The third kappa shape index (κ3) is 3.24. The molecule has 4 aliphatic heterocycles. The fourth-order valence-electron chi connectivity index (χ4n) is 5.03. The second-order valence-corrected chi connectivity index (χ2v) is 8.50. The molecule has 28 heavy (non-hydrogen) atoms. The summed E-state index contributed by atoms with van der Waals surface area (Å²) in [6, 6.07) is 6.16. The predicted molar refractivity (Wildman–Crippen MR) is 108 cm³/mol. The number of nitrogens with zero attached hydrogens (tertiary/aromatic N) is 3. The molecule has 6 heteroatoms. The molecule has 1 spiro atoms. The Hall–Kier alpha value is -2.21. The molecule has 0 aromatic carbocycles. The number of carbonyl (C=O) groups is 1. The average molecular weight is 380 g/mol. The highest BCUT2D eigenvalue weighted by molar-refractivity contribution is 6.11. The van der Waals surface area contributed by atoms with E-state index in [2.05, 4.69) is 27.3 Å². The van der Waals surface area contributed by atoms with Gasteiger partial charge in [-0.1, -0.05) is 18.9 Å². The molecular weight excluding hydrogens is 352 g/mol. The molecule has 1 aromatic rings. The summed E-state index contributed by atoms with van der Waals surface area (Å²) >= 11 is 0. The van der Waals surface area contributed by atoms with Crippen molar-refractivity contribution in [2.75, 3.05) is 38.2 Å². The first-order chi connectivity index (χ1) is 13.7. The molecule has 5 heterocycles. The van der Waals surface area contributed by atoms with Crippen LogP contribution in [0.15, 0.2) is 34.3 Å². The third-order valence-electron chi connectivity index (χ3n) is 6.70. The molecule has 6 nitrogen and oxygen atoms in total. The average Bonchev–Trinajstić information content (AvgIpc) is 3.30. The summed E-state index contributed by atoms with van der Waals surface area (Å²) in [5.74, 6) is 2.08. The highest BCUT2D eigenvalue weighted by Crippen LogP contribution is 2.40. The van der Waals surface area contributed by atoms with Crippen LogP contribution in [0.4, 0.5) is 5.82 Å². The molecule has 148 valence electrons. The number of carbonyl (C=O) groups excluding carboxylic acids is 1. The van der Waals surface area contributed by atoms with Crippen LogP contribution in [0.5, 0.6) is 0 Å². The quantitative estimate of drug-likeness (QED) is 0.751. The van der Waals surface area contributed by atoms with Crippen molar-refractivity contribution < 1.29 is 9.53 Å². The summed E-state index contributed by atoms with van der Waals surface area (Å²) in [4.78, 5) is 25.1. The van der Waals surface area contributed by atoms with E-state index in [-0.39, 0.29) is 5.41 Å². The number of nitrogens with one attached hydrogen (secondary N) is 1. The predicted octanol–water partition coefficient (Wildman–Crippen LogP) is 2.96. The number of amides is 1. The third-order valence-corrected chi connectivity index (χ3v) is 6.70. The van der Waals surface area contributed by atoms with Gasteiger partial charge in [0.05, 0.1) is 12.0 Å². The number of pyridine rings is 1. The van der Waals surface area contributed by atoms with Crippen LogP contribution in [-0.2, 0) is 16.0 Å². The lowest BCUT2D eigenvalue weighted by Gasteiger charge is -2.39. The summed E-state index contributed by atoms with van der Waals surface area (Å²) in [7, 11) is 0. The lowest BCUT2D eigenvalue weighted by molar-refractivity contribution is -0.147. The summed E-state index contributed by atoms with van der Waals surface area (Å²) in [6.07, 6.45) is 7.00. The summed E-state index contributed by atoms with van der Waals surface area (Å²) < 4.78 is 5.61. The molecule has 1 aromatic heterocycles. The van der Waals surface area contributed by atoms with Crippen LogP contribution in [0.1, 0.15) is 44.2 Å². The number of amidine groups is 1. The van der Waals surface area contributed by atoms with Crippen molar-refractivity contribution in [1.29, 1.82) is 0 Å². The maximum Gasteiger partial charge on any atom is 0.229 e. The van der Waals surface area contributed by atoms with E-state index in [4.69, 9.17) is 9.72 Å². The van der Waals surface area contributed by atoms with E-state index in [9.17, 15) is 4.79 Å². The van der Waals surface area contributed by atoms with Crippen LogP contribution < -0.4 is 5.32 Å². The van der Waals surface area contributed by atoms with Crippen molar-refractivity contribution >= 4 is 17.6 Å². The van der Waals surface area contributed by atoms with E-state index in [1.54, 1.807) is 0 Å². The number of aromatic nitrogens is 1. The smallest absolute Gasteiger partial charge is 0.229 e. The van der Waals surface area contributed by atoms with Crippen molar-refractivity contribution in [3.05, 3.63) is 35.0 Å². The maximum absolute atomic E-state index is 13.6. The molecule has 0 atom stereocenters. The lowest BCUT2D eigenvalue weighted by atomic mass is 9.74. The van der Waals surface area contributed by atoms with Crippen LogP contribution in [0.3, 0.4) is 0 Å². The van der Waals surface area contributed by atoms with E-state index in [1.165, 1.54) is 11.1 Å². The van der Waals surface area contributed by atoms with Gasteiger partial charge in [-0.25, -0.2) is 4.98 Å². The van der Waals surface area contributed by atoms with Crippen LogP contribution in [0.2, 0.25) is 0 Å². The Balaban J connectivity index is 1.44. The summed E-state index contributed by atoms with van der Waals surface area (Å²) in [5, 5.41) is 3.42. The highest BCUT2D eigenvalue weighted by Gasteiger charge is 2.44. The van der Waals surface area contributed by atoms with Crippen LogP contribution in [0, 0.1) is 5.41 Å². The molecule has 4 bridgehead atoms. The Morgan fingerprint density at radius 2 is 1.96 bits per heavy atom. The van der Waals surface area contributed by atoms with Crippen molar-refractivity contribution in [3.8, 4) is 0 Å². The van der Waals surface area contributed by atoms with Crippen molar-refractivity contribution in [2.24, 2.45) is 10.4 Å². The number of ether oxygens (including phenoxy) is 1. The molecule has 5 rings (SSSR count). The monoisotopic (exact) mass is 380 g/mol. The summed E-state index contributed by atoms with van der Waals surface area (Å²) in [6.45, 7) is 3.49. The first-order valence-electron chi connectivity index (χ1n) is 10.6. The molecular formula is C22H28N4O2. The van der Waals surface area contributed by atoms with Gasteiger partial charge in [0.2, 0.25) is 5.91 Å². The number of anilines is 1. The molecule has 1 saturated heterocycles. The van der Waals surface area contributed by atoms with Gasteiger partial charge in [-0.05, 0) is 49.8 Å². The standard InChI is InChI=1S/C22H28N4O2/c27-21-22(9-11-28-12-10-22)8-3-1-2-5-17-6-4-7-19(24-17)25-20-18-15-26(21)14-16(18)13-23-20/h4,6-7H,1-3,5,8-15H2,(H,23,24,25). The van der Waals surface area contributed by atoms with Gasteiger partial charge in [0, 0.05) is 37.6 Å². The van der Waals surface area contributed by atoms with Gasteiger partial charge in [-0.2, -0.15) is 0 Å². The Kier molecular flexibility index (Phi) is 4.67. The zero-order valence-corrected chi connectivity index (χ0v) is 16.4. The molecule has 1 amide bonds. The van der Waals surface area contributed by atoms with Gasteiger partial charge < -0.3 is 15.0 Å². The van der Waals surface area contributed by atoms with E-state index < -0.39 is 0 Å². The maximum atomic E-state index is 13.6. The van der Waals surface area contributed by atoms with E-state index in [1.807, 2.05) is 6.07 Å². The Bertz CT molecular complexity index is 839. The molecule has 0 unspecified atom stereocenters. The zero-order chi connectivity index (χ0) is 19.0. The fraction of sp³-hybridized carbons (Fsp3) is 0.591. The van der Waals surface area contributed by atoms with Gasteiger partial charge in [0.25, 0.3) is 0 Å². The van der Waals surface area contributed by atoms with Crippen molar-refractivity contribution in [1.82, 2.24) is 9.88 Å². The molecule has 0 aliphatic carbocycles. The first-order valence-corrected chi connectivity index (χ1v) is 10.6. The lowest BCUT2D eigenvalue weighted by Crippen LogP contribution is -2.47. The van der Waals surface area contributed by atoms with E-state index >= 15 is 0 Å². The van der Waals surface area contributed by atoms with Gasteiger partial charge >= 0.3 is 0 Å². The Morgan fingerprint density at radius 1 is 1.07 bits per heavy atom. The van der Waals surface area contributed by atoms with Crippen molar-refractivity contribution in [2.45, 2.75) is 44.9 Å². The van der Waals surface area contributed by atoms with Crippen molar-refractivity contribution in [3.63, 3.8) is 0 Å². The Labute approximate surface area is 166 Å². The molecule has 1 N–H and O–H groups in total. The number of rotatable bonds is 0. The van der Waals surface area contributed by atoms with Gasteiger partial charge in [0.1, 0.15) is 11.7 Å². The number of hydrogen-bond donors (Lipinski definition) is 1. The molecule has 4 aliphatic rings. The first kappa shape index (κ1) is 17.9. The van der Waals surface area contributed by atoms with Gasteiger partial charge in [-0.15, -0.1) is 0 Å². The van der Waals surface area contributed by atoms with E-state index in [0.717, 1.165) is 68.8 Å². The minimum absolute atomic E-state index is 0.237.